The van der Waals surface area contributed by atoms with Crippen molar-refractivity contribution in [2.24, 2.45) is 10.3 Å². The smallest absolute Gasteiger partial charge is 0.133 e. The molecule has 0 saturated carbocycles. The van der Waals surface area contributed by atoms with Crippen LogP contribution in [0.4, 0.5) is 0 Å². The fourth-order valence-electron chi connectivity index (χ4n) is 2.93. The molecule has 0 atom stereocenters. The van der Waals surface area contributed by atoms with Gasteiger partial charge < -0.3 is 24.9 Å². The molecule has 0 aliphatic heterocycles. The van der Waals surface area contributed by atoms with Gasteiger partial charge in [-0.25, -0.2) is 0 Å². The van der Waals surface area contributed by atoms with Crippen molar-refractivity contribution < 1.29 is 19.9 Å². The van der Waals surface area contributed by atoms with E-state index in [0.717, 1.165) is 16.5 Å². The topological polar surface area (TPSA) is 99.4 Å². The lowest BCUT2D eigenvalue weighted by Gasteiger charge is -2.11. The minimum Gasteiger partial charge on any atom is -0.496 e. The number of hydrogen-bond donors (Lipinski definition) is 3. The number of benzene rings is 2. The van der Waals surface area contributed by atoms with Crippen LogP contribution in [0.15, 0.2) is 46.7 Å². The standard InChI is InChI=1S/C18H17N3O4/c1-24-14-8-15(25-2)17-16(11-6-4-3-5-7-11)13(10-20-23)21-18(17)12(14)9-19-22/h3-10,21-23H,1-2H3/b19-9+,20-10+. The second-order valence-corrected chi connectivity index (χ2v) is 5.21. The van der Waals surface area contributed by atoms with Crippen molar-refractivity contribution in [1.82, 2.24) is 4.98 Å². The molecule has 0 spiro atoms. The molecule has 1 aromatic heterocycles. The van der Waals surface area contributed by atoms with Gasteiger partial charge in [0.1, 0.15) is 11.5 Å². The van der Waals surface area contributed by atoms with E-state index in [4.69, 9.17) is 19.9 Å². The minimum absolute atomic E-state index is 0.482. The zero-order valence-corrected chi connectivity index (χ0v) is 13.7. The van der Waals surface area contributed by atoms with Crippen LogP contribution in [0.25, 0.3) is 22.0 Å². The van der Waals surface area contributed by atoms with Crippen molar-refractivity contribution in [1.29, 1.82) is 0 Å². The number of fused-ring (bicyclic) bond motifs is 1. The van der Waals surface area contributed by atoms with Gasteiger partial charge in [0.2, 0.25) is 0 Å². The van der Waals surface area contributed by atoms with E-state index in [2.05, 4.69) is 15.3 Å². The van der Waals surface area contributed by atoms with Crippen LogP contribution in [0, 0.1) is 0 Å². The molecular formula is C18H17N3O4. The van der Waals surface area contributed by atoms with Crippen LogP contribution in [-0.2, 0) is 0 Å². The highest BCUT2D eigenvalue weighted by atomic mass is 16.5. The predicted octanol–water partition coefficient (Wildman–Crippen LogP) is 3.47. The molecule has 1 heterocycles. The van der Waals surface area contributed by atoms with Crippen LogP contribution < -0.4 is 9.47 Å². The summed E-state index contributed by atoms with van der Waals surface area (Å²) in [4.78, 5) is 3.19. The van der Waals surface area contributed by atoms with Crippen LogP contribution in [0.2, 0.25) is 0 Å². The van der Waals surface area contributed by atoms with Gasteiger partial charge in [0.15, 0.2) is 0 Å². The van der Waals surface area contributed by atoms with Gasteiger partial charge in [-0.2, -0.15) is 0 Å². The molecule has 0 saturated heterocycles. The number of ether oxygens (including phenoxy) is 2. The monoisotopic (exact) mass is 339 g/mol. The molecular weight excluding hydrogens is 322 g/mol. The van der Waals surface area contributed by atoms with Crippen molar-refractivity contribution in [2.75, 3.05) is 14.2 Å². The average molecular weight is 339 g/mol. The summed E-state index contributed by atoms with van der Waals surface area (Å²) in [6.07, 6.45) is 2.60. The Balaban J connectivity index is 2.49. The summed E-state index contributed by atoms with van der Waals surface area (Å²) in [5.74, 6) is 1.06. The second kappa shape index (κ2) is 6.96. The summed E-state index contributed by atoms with van der Waals surface area (Å²) in [7, 11) is 3.09. The van der Waals surface area contributed by atoms with E-state index in [9.17, 15) is 0 Å². The summed E-state index contributed by atoms with van der Waals surface area (Å²) >= 11 is 0. The maximum Gasteiger partial charge on any atom is 0.133 e. The highest BCUT2D eigenvalue weighted by Gasteiger charge is 2.21. The Morgan fingerprint density at radius 2 is 1.64 bits per heavy atom. The number of nitrogens with one attached hydrogen (secondary N) is 1. The van der Waals surface area contributed by atoms with Crippen molar-refractivity contribution >= 4 is 23.3 Å². The fourth-order valence-corrected chi connectivity index (χ4v) is 2.93. The second-order valence-electron chi connectivity index (χ2n) is 5.21. The molecule has 0 aliphatic carbocycles. The molecule has 0 aliphatic rings. The van der Waals surface area contributed by atoms with E-state index in [1.54, 1.807) is 13.2 Å². The van der Waals surface area contributed by atoms with Crippen LogP contribution in [0.5, 0.6) is 11.5 Å². The van der Waals surface area contributed by atoms with Gasteiger partial charge in [0.05, 0.1) is 48.8 Å². The molecule has 25 heavy (non-hydrogen) atoms. The van der Waals surface area contributed by atoms with Crippen LogP contribution in [-0.4, -0.2) is 42.0 Å². The Kier molecular flexibility index (Phi) is 4.56. The van der Waals surface area contributed by atoms with E-state index >= 15 is 0 Å². The van der Waals surface area contributed by atoms with E-state index in [-0.39, 0.29) is 0 Å². The molecule has 0 amide bonds. The molecule has 3 aromatic rings. The van der Waals surface area contributed by atoms with E-state index < -0.39 is 0 Å². The Labute approximate surface area is 143 Å². The number of methoxy groups -OCH3 is 2. The number of rotatable bonds is 5. The first-order valence-electron chi connectivity index (χ1n) is 7.46. The van der Waals surface area contributed by atoms with Gasteiger partial charge in [-0.15, -0.1) is 0 Å². The van der Waals surface area contributed by atoms with Crippen molar-refractivity contribution in [2.45, 2.75) is 0 Å². The number of nitrogens with zero attached hydrogens (tertiary/aromatic N) is 2. The first kappa shape index (κ1) is 16.4. The maximum atomic E-state index is 9.04. The lowest BCUT2D eigenvalue weighted by Crippen LogP contribution is -1.95. The molecule has 0 fully saturated rings. The minimum atomic E-state index is 0.482. The highest BCUT2D eigenvalue weighted by molar-refractivity contribution is 6.13. The molecule has 2 aromatic carbocycles. The largest absolute Gasteiger partial charge is 0.496 e. The lowest BCUT2D eigenvalue weighted by molar-refractivity contribution is 0.321. The number of hydrogen-bond acceptors (Lipinski definition) is 6. The Morgan fingerprint density at radius 3 is 2.24 bits per heavy atom. The Bertz CT molecular complexity index is 946. The molecule has 7 nitrogen and oxygen atoms in total. The summed E-state index contributed by atoms with van der Waals surface area (Å²) in [6, 6.07) is 11.4. The maximum absolute atomic E-state index is 9.04. The van der Waals surface area contributed by atoms with Gasteiger partial charge in [0, 0.05) is 11.6 Å². The van der Waals surface area contributed by atoms with Gasteiger partial charge >= 0.3 is 0 Å². The average Bonchev–Trinajstić information content (AvgIpc) is 3.02. The van der Waals surface area contributed by atoms with Crippen molar-refractivity contribution in [3.63, 3.8) is 0 Å². The lowest BCUT2D eigenvalue weighted by atomic mass is 9.99. The van der Waals surface area contributed by atoms with Gasteiger partial charge in [-0.05, 0) is 5.56 Å². The number of aromatic nitrogens is 1. The predicted molar refractivity (Wildman–Crippen MR) is 95.6 cm³/mol. The van der Waals surface area contributed by atoms with Crippen molar-refractivity contribution in [3.8, 4) is 22.6 Å². The SMILES string of the molecule is COc1cc(OC)c2c(-c3ccccc3)c(/C=N/O)[nH]c2c1/C=N/O. The van der Waals surface area contributed by atoms with Crippen molar-refractivity contribution in [3.05, 3.63) is 47.7 Å². The normalized spacial score (nSPS) is 11.6. The summed E-state index contributed by atoms with van der Waals surface area (Å²) in [5.41, 5.74) is 3.50. The zero-order valence-electron chi connectivity index (χ0n) is 13.7. The van der Waals surface area contributed by atoms with E-state index in [0.29, 0.717) is 28.3 Å². The van der Waals surface area contributed by atoms with Gasteiger partial charge in [-0.1, -0.05) is 40.6 Å². The molecule has 7 heteroatoms. The highest BCUT2D eigenvalue weighted by Crippen LogP contribution is 2.42. The van der Waals surface area contributed by atoms with Crippen LogP contribution in [0.3, 0.4) is 0 Å². The van der Waals surface area contributed by atoms with Gasteiger partial charge in [0.25, 0.3) is 0 Å². The third kappa shape index (κ3) is 2.76. The quantitative estimate of drug-likeness (QED) is 0.376. The van der Waals surface area contributed by atoms with Crippen LogP contribution in [0.1, 0.15) is 11.3 Å². The Morgan fingerprint density at radius 1 is 0.960 bits per heavy atom. The molecule has 0 bridgehead atoms. The van der Waals surface area contributed by atoms with Crippen LogP contribution >= 0.6 is 0 Å². The molecule has 0 radical (unpaired) electrons. The molecule has 3 rings (SSSR count). The van der Waals surface area contributed by atoms with Gasteiger partial charge in [-0.3, -0.25) is 0 Å². The zero-order chi connectivity index (χ0) is 17.8. The Hall–Kier alpha value is -3.48. The number of aromatic amines is 1. The third-order valence-corrected chi connectivity index (χ3v) is 3.95. The summed E-state index contributed by atoms with van der Waals surface area (Å²) < 4.78 is 10.9. The first-order chi connectivity index (χ1) is 12.2. The fraction of sp³-hybridized carbons (Fsp3) is 0.111. The van der Waals surface area contributed by atoms with E-state index in [1.807, 2.05) is 30.3 Å². The molecule has 0 unspecified atom stereocenters. The summed E-state index contributed by atoms with van der Waals surface area (Å²) in [5, 5.41) is 25.1. The molecule has 128 valence electrons. The number of H-pyrrole nitrogens is 1. The van der Waals surface area contributed by atoms with E-state index in [1.165, 1.54) is 19.5 Å². The summed E-state index contributed by atoms with van der Waals surface area (Å²) in [6.45, 7) is 0. The first-order valence-corrected chi connectivity index (χ1v) is 7.46. The molecule has 3 N–H and O–H groups in total. The number of oxime groups is 2. The third-order valence-electron chi connectivity index (χ3n) is 3.95.